The topological polar surface area (TPSA) is 0 Å². The quantitative estimate of drug-likeness (QED) is 0.653. The smallest absolute Gasteiger partial charge is 0.166 e. The van der Waals surface area contributed by atoms with Crippen LogP contribution in [0.25, 0.3) is 0 Å². The molecule has 1 aromatic carbocycles. The highest BCUT2D eigenvalue weighted by Crippen LogP contribution is 2.33. The number of aryl methyl sites for hydroxylation is 2. The molecule has 0 bridgehead atoms. The third kappa shape index (κ3) is 2.24. The fourth-order valence-corrected chi connectivity index (χ4v) is 1.34. The lowest BCUT2D eigenvalue weighted by Gasteiger charge is -2.10. The molecule has 72 valence electrons. The molecule has 0 saturated heterocycles. The molecule has 0 aliphatic rings. The minimum atomic E-state index is -4.25. The van der Waals surface area contributed by atoms with Gasteiger partial charge in [0.15, 0.2) is 0 Å². The van der Waals surface area contributed by atoms with Crippen LogP contribution in [-0.2, 0) is 6.18 Å². The maximum absolute atomic E-state index is 12.3. The molecule has 0 atom stereocenters. The van der Waals surface area contributed by atoms with Gasteiger partial charge in [0, 0.05) is 4.47 Å². The standard InChI is InChI=1S/C9H8BrF3/c1-5-3-7(9(11,12)13)4-6(2)8(5)10/h3-4H,1-2H3. The zero-order valence-electron chi connectivity index (χ0n) is 7.17. The third-order valence-corrected chi connectivity index (χ3v) is 3.01. The molecular weight excluding hydrogens is 245 g/mol. The molecule has 0 heterocycles. The zero-order valence-corrected chi connectivity index (χ0v) is 8.75. The summed E-state index contributed by atoms with van der Waals surface area (Å²) in [6, 6.07) is 2.27. The highest BCUT2D eigenvalue weighted by atomic mass is 79.9. The largest absolute Gasteiger partial charge is 0.416 e. The Morgan fingerprint density at radius 1 is 1.08 bits per heavy atom. The van der Waals surface area contributed by atoms with Crippen LogP contribution >= 0.6 is 15.9 Å². The van der Waals surface area contributed by atoms with Crippen molar-refractivity contribution in [1.29, 1.82) is 0 Å². The van der Waals surface area contributed by atoms with Gasteiger partial charge < -0.3 is 0 Å². The van der Waals surface area contributed by atoms with Crippen LogP contribution in [0.5, 0.6) is 0 Å². The monoisotopic (exact) mass is 252 g/mol. The fraction of sp³-hybridized carbons (Fsp3) is 0.333. The fourth-order valence-electron chi connectivity index (χ4n) is 1.11. The molecule has 4 heteroatoms. The summed E-state index contributed by atoms with van der Waals surface area (Å²) in [6.45, 7) is 3.29. The van der Waals surface area contributed by atoms with Crippen LogP contribution in [0, 0.1) is 13.8 Å². The van der Waals surface area contributed by atoms with Gasteiger partial charge in [-0.05, 0) is 37.1 Å². The summed E-state index contributed by atoms with van der Waals surface area (Å²) in [5.74, 6) is 0. The molecule has 1 aromatic rings. The van der Waals surface area contributed by atoms with Crippen molar-refractivity contribution in [3.05, 3.63) is 33.3 Å². The van der Waals surface area contributed by atoms with Gasteiger partial charge >= 0.3 is 6.18 Å². The number of halogens is 4. The van der Waals surface area contributed by atoms with Crippen molar-refractivity contribution in [2.75, 3.05) is 0 Å². The Balaban J connectivity index is 3.29. The van der Waals surface area contributed by atoms with E-state index in [1.807, 2.05) is 0 Å². The van der Waals surface area contributed by atoms with Gasteiger partial charge in [-0.3, -0.25) is 0 Å². The predicted octanol–water partition coefficient (Wildman–Crippen LogP) is 4.08. The van der Waals surface area contributed by atoms with Crippen LogP contribution in [-0.4, -0.2) is 0 Å². The van der Waals surface area contributed by atoms with Crippen LogP contribution in [0.15, 0.2) is 16.6 Å². The maximum atomic E-state index is 12.3. The summed E-state index contributed by atoms with van der Waals surface area (Å²) >= 11 is 3.21. The van der Waals surface area contributed by atoms with Gasteiger partial charge in [-0.25, -0.2) is 0 Å². The van der Waals surface area contributed by atoms with E-state index < -0.39 is 11.7 Å². The lowest BCUT2D eigenvalue weighted by atomic mass is 10.1. The van der Waals surface area contributed by atoms with Crippen molar-refractivity contribution < 1.29 is 13.2 Å². The van der Waals surface area contributed by atoms with Crippen LogP contribution in [0.3, 0.4) is 0 Å². The Morgan fingerprint density at radius 2 is 1.46 bits per heavy atom. The highest BCUT2D eigenvalue weighted by Gasteiger charge is 2.31. The molecule has 1 rings (SSSR count). The highest BCUT2D eigenvalue weighted by molar-refractivity contribution is 9.10. The number of hydrogen-bond donors (Lipinski definition) is 0. The second-order valence-corrected chi connectivity index (χ2v) is 3.71. The van der Waals surface area contributed by atoms with Crippen LogP contribution in [0.2, 0.25) is 0 Å². The van der Waals surface area contributed by atoms with Gasteiger partial charge in [-0.15, -0.1) is 0 Å². The summed E-state index contributed by atoms with van der Waals surface area (Å²) in [4.78, 5) is 0. The van der Waals surface area contributed by atoms with Crippen molar-refractivity contribution in [1.82, 2.24) is 0 Å². The number of rotatable bonds is 0. The number of hydrogen-bond acceptors (Lipinski definition) is 0. The molecule has 0 spiro atoms. The summed E-state index contributed by atoms with van der Waals surface area (Å²) in [5, 5.41) is 0. The van der Waals surface area contributed by atoms with Gasteiger partial charge in [0.1, 0.15) is 0 Å². The minimum absolute atomic E-state index is 0.592. The third-order valence-electron chi connectivity index (χ3n) is 1.76. The normalized spacial score (nSPS) is 11.8. The molecule has 0 fully saturated rings. The maximum Gasteiger partial charge on any atom is 0.416 e. The minimum Gasteiger partial charge on any atom is -0.166 e. The van der Waals surface area contributed by atoms with Crippen molar-refractivity contribution in [2.24, 2.45) is 0 Å². The van der Waals surface area contributed by atoms with Crippen LogP contribution in [0.4, 0.5) is 13.2 Å². The van der Waals surface area contributed by atoms with Crippen molar-refractivity contribution in [2.45, 2.75) is 20.0 Å². The van der Waals surface area contributed by atoms with Crippen molar-refractivity contribution in [3.8, 4) is 0 Å². The molecular formula is C9H8BrF3. The predicted molar refractivity (Wildman–Crippen MR) is 48.6 cm³/mol. The molecule has 0 unspecified atom stereocenters. The molecule has 0 N–H and O–H groups in total. The first kappa shape index (κ1) is 10.6. The molecule has 0 radical (unpaired) electrons. The molecule has 0 aliphatic carbocycles. The van der Waals surface area contributed by atoms with Gasteiger partial charge in [0.2, 0.25) is 0 Å². The lowest BCUT2D eigenvalue weighted by Crippen LogP contribution is -2.05. The summed E-state index contributed by atoms with van der Waals surface area (Å²) in [5.41, 5.74) is 0.616. The zero-order chi connectivity index (χ0) is 10.2. The molecule has 13 heavy (non-hydrogen) atoms. The first-order chi connectivity index (χ1) is 5.82. The molecule has 0 nitrogen and oxygen atoms in total. The van der Waals surface area contributed by atoms with Crippen molar-refractivity contribution >= 4 is 15.9 Å². The summed E-state index contributed by atoms with van der Waals surface area (Å²) in [6.07, 6.45) is -4.25. The lowest BCUT2D eigenvalue weighted by molar-refractivity contribution is -0.137. The van der Waals surface area contributed by atoms with E-state index in [4.69, 9.17) is 0 Å². The molecule has 0 saturated carbocycles. The van der Waals surface area contributed by atoms with Gasteiger partial charge in [-0.1, -0.05) is 15.9 Å². The molecule has 0 aliphatic heterocycles. The van der Waals surface area contributed by atoms with E-state index in [2.05, 4.69) is 15.9 Å². The Morgan fingerprint density at radius 3 is 1.77 bits per heavy atom. The first-order valence-corrected chi connectivity index (χ1v) is 4.45. The Labute approximate surface area is 82.9 Å². The Hall–Kier alpha value is -0.510. The van der Waals surface area contributed by atoms with Crippen LogP contribution < -0.4 is 0 Å². The number of benzene rings is 1. The van der Waals surface area contributed by atoms with E-state index in [0.717, 1.165) is 16.6 Å². The second-order valence-electron chi connectivity index (χ2n) is 2.92. The van der Waals surface area contributed by atoms with Gasteiger partial charge in [0.05, 0.1) is 5.56 Å². The number of alkyl halides is 3. The Kier molecular flexibility index (Phi) is 2.71. The van der Waals surface area contributed by atoms with Crippen molar-refractivity contribution in [3.63, 3.8) is 0 Å². The van der Waals surface area contributed by atoms with E-state index in [-0.39, 0.29) is 0 Å². The average Bonchev–Trinajstić information content (AvgIpc) is 1.97. The summed E-state index contributed by atoms with van der Waals surface area (Å²) < 4.78 is 37.5. The van der Waals surface area contributed by atoms with Crippen LogP contribution in [0.1, 0.15) is 16.7 Å². The second kappa shape index (κ2) is 3.33. The molecule has 0 amide bonds. The van der Waals surface area contributed by atoms with E-state index in [9.17, 15) is 13.2 Å². The van der Waals surface area contributed by atoms with E-state index in [0.29, 0.717) is 11.1 Å². The van der Waals surface area contributed by atoms with Gasteiger partial charge in [-0.2, -0.15) is 13.2 Å². The summed E-state index contributed by atoms with van der Waals surface area (Å²) in [7, 11) is 0. The van der Waals surface area contributed by atoms with E-state index in [1.54, 1.807) is 13.8 Å². The average molecular weight is 253 g/mol. The van der Waals surface area contributed by atoms with E-state index >= 15 is 0 Å². The van der Waals surface area contributed by atoms with Gasteiger partial charge in [0.25, 0.3) is 0 Å². The Bertz CT molecular complexity index is 305. The van der Waals surface area contributed by atoms with E-state index in [1.165, 1.54) is 0 Å². The first-order valence-electron chi connectivity index (χ1n) is 3.66. The molecule has 0 aromatic heterocycles. The SMILES string of the molecule is Cc1cc(C(F)(F)F)cc(C)c1Br.